The number of allylic oxidation sites excluding steroid dienone is 4. The van der Waals surface area contributed by atoms with Gasteiger partial charge in [-0.05, 0) is 80.7 Å². The van der Waals surface area contributed by atoms with Crippen LogP contribution in [0.5, 0.6) is 0 Å². The third-order valence-corrected chi connectivity index (χ3v) is 11.2. The highest BCUT2D eigenvalue weighted by Crippen LogP contribution is 2.40. The molecule has 7 aromatic carbocycles. The highest BCUT2D eigenvalue weighted by molar-refractivity contribution is 6.15. The van der Waals surface area contributed by atoms with E-state index in [0.29, 0.717) is 23.4 Å². The first-order valence-electron chi connectivity index (χ1n) is 19.2. The standard InChI is InChI=1S/C51H35N5/c1-32-23-25-34(26-24-32)49-53-48(33-13-3-2-4-14-33)54-50(55-49)38-28-36(45-30-35-15-5-6-16-39(35)40-17-7-8-18-41(40)45)27-37(29-38)47-31-52-51-44-21-10-9-19-42(44)43-20-11-12-22-46(43)56(47)51/h2-23,25-32H,24H2,1H3. The van der Waals surface area contributed by atoms with E-state index >= 15 is 0 Å². The summed E-state index contributed by atoms with van der Waals surface area (Å²) in [6.45, 7) is 2.23. The fourth-order valence-corrected chi connectivity index (χ4v) is 8.40. The molecule has 0 N–H and O–H groups in total. The maximum Gasteiger partial charge on any atom is 0.164 e. The number of pyridine rings is 1. The second kappa shape index (κ2) is 13.0. The fraction of sp³-hybridized carbons (Fsp3) is 0.0588. The monoisotopic (exact) mass is 717 g/mol. The van der Waals surface area contributed by atoms with Gasteiger partial charge in [-0.1, -0.05) is 146 Å². The van der Waals surface area contributed by atoms with E-state index in [9.17, 15) is 0 Å². The Bertz CT molecular complexity index is 3250. The molecule has 0 radical (unpaired) electrons. The van der Waals surface area contributed by atoms with E-state index in [2.05, 4.69) is 163 Å². The molecule has 11 rings (SSSR count). The highest BCUT2D eigenvalue weighted by Gasteiger charge is 2.20. The summed E-state index contributed by atoms with van der Waals surface area (Å²) in [6, 6.07) is 53.8. The van der Waals surface area contributed by atoms with Crippen molar-refractivity contribution >= 4 is 54.4 Å². The quantitative estimate of drug-likeness (QED) is 0.166. The number of imidazole rings is 1. The van der Waals surface area contributed by atoms with Gasteiger partial charge in [0.1, 0.15) is 5.65 Å². The van der Waals surface area contributed by atoms with Gasteiger partial charge in [0.05, 0.1) is 17.4 Å². The van der Waals surface area contributed by atoms with Gasteiger partial charge in [0.15, 0.2) is 17.5 Å². The largest absolute Gasteiger partial charge is 0.292 e. The van der Waals surface area contributed by atoms with Gasteiger partial charge in [0.25, 0.3) is 0 Å². The summed E-state index contributed by atoms with van der Waals surface area (Å²) in [7, 11) is 0. The average molecular weight is 718 g/mol. The molecule has 0 fully saturated rings. The van der Waals surface area contributed by atoms with Crippen molar-refractivity contribution in [3.8, 4) is 45.2 Å². The third-order valence-electron chi connectivity index (χ3n) is 11.2. The number of benzene rings is 7. The van der Waals surface area contributed by atoms with Gasteiger partial charge in [0, 0.05) is 33.0 Å². The number of fused-ring (bicyclic) bond motifs is 9. The average Bonchev–Trinajstić information content (AvgIpc) is 3.73. The van der Waals surface area contributed by atoms with Crippen molar-refractivity contribution in [3.05, 3.63) is 182 Å². The highest BCUT2D eigenvalue weighted by atomic mass is 15.0. The van der Waals surface area contributed by atoms with Gasteiger partial charge in [-0.25, -0.2) is 19.9 Å². The van der Waals surface area contributed by atoms with Crippen LogP contribution >= 0.6 is 0 Å². The van der Waals surface area contributed by atoms with Crippen LogP contribution in [0.4, 0.5) is 0 Å². The van der Waals surface area contributed by atoms with Gasteiger partial charge in [-0.15, -0.1) is 0 Å². The molecular formula is C51H35N5. The minimum atomic E-state index is 0.475. The Morgan fingerprint density at radius 1 is 0.518 bits per heavy atom. The number of hydrogen-bond donors (Lipinski definition) is 0. The number of aromatic nitrogens is 5. The number of nitrogens with zero attached hydrogens (tertiary/aromatic N) is 5. The lowest BCUT2D eigenvalue weighted by Gasteiger charge is -2.16. The molecule has 264 valence electrons. The van der Waals surface area contributed by atoms with Crippen LogP contribution in [0.1, 0.15) is 19.2 Å². The van der Waals surface area contributed by atoms with Crippen LogP contribution in [0.15, 0.2) is 176 Å². The molecule has 0 amide bonds. The molecule has 10 aromatic rings. The minimum Gasteiger partial charge on any atom is -0.292 e. The Hall–Kier alpha value is -7.24. The molecule has 5 heteroatoms. The van der Waals surface area contributed by atoms with Crippen LogP contribution < -0.4 is 0 Å². The van der Waals surface area contributed by atoms with Crippen molar-refractivity contribution in [2.45, 2.75) is 13.3 Å². The second-order valence-electron chi connectivity index (χ2n) is 14.8. The van der Waals surface area contributed by atoms with Crippen LogP contribution in [-0.4, -0.2) is 24.3 Å². The summed E-state index contributed by atoms with van der Waals surface area (Å²) >= 11 is 0. The zero-order valence-electron chi connectivity index (χ0n) is 30.8. The molecule has 1 aliphatic carbocycles. The summed E-state index contributed by atoms with van der Waals surface area (Å²) in [6.07, 6.45) is 9.60. The first-order chi connectivity index (χ1) is 27.7. The van der Waals surface area contributed by atoms with Gasteiger partial charge in [-0.3, -0.25) is 4.40 Å². The van der Waals surface area contributed by atoms with Crippen LogP contribution in [0.25, 0.3) is 99.6 Å². The predicted molar refractivity (Wildman–Crippen MR) is 231 cm³/mol. The Morgan fingerprint density at radius 3 is 1.91 bits per heavy atom. The van der Waals surface area contributed by atoms with E-state index in [1.807, 2.05) is 24.4 Å². The number of para-hydroxylation sites is 1. The molecule has 5 nitrogen and oxygen atoms in total. The first-order valence-corrected chi connectivity index (χ1v) is 19.2. The van der Waals surface area contributed by atoms with Crippen LogP contribution in [0, 0.1) is 5.92 Å². The van der Waals surface area contributed by atoms with Crippen molar-refractivity contribution in [2.75, 3.05) is 0 Å². The zero-order valence-corrected chi connectivity index (χ0v) is 30.8. The van der Waals surface area contributed by atoms with Crippen molar-refractivity contribution in [3.63, 3.8) is 0 Å². The molecule has 0 bridgehead atoms. The van der Waals surface area contributed by atoms with Gasteiger partial charge >= 0.3 is 0 Å². The molecule has 0 spiro atoms. The van der Waals surface area contributed by atoms with E-state index in [4.69, 9.17) is 19.9 Å². The molecule has 0 saturated carbocycles. The van der Waals surface area contributed by atoms with Gasteiger partial charge in [0.2, 0.25) is 0 Å². The lowest BCUT2D eigenvalue weighted by molar-refractivity contribution is 0.738. The normalized spacial score (nSPS) is 14.3. The van der Waals surface area contributed by atoms with E-state index in [0.717, 1.165) is 62.1 Å². The second-order valence-corrected chi connectivity index (χ2v) is 14.8. The smallest absolute Gasteiger partial charge is 0.164 e. The van der Waals surface area contributed by atoms with Gasteiger partial charge < -0.3 is 0 Å². The van der Waals surface area contributed by atoms with Gasteiger partial charge in [-0.2, -0.15) is 0 Å². The predicted octanol–water partition coefficient (Wildman–Crippen LogP) is 12.8. The third kappa shape index (κ3) is 5.31. The molecule has 1 atom stereocenters. The molecule has 1 aliphatic rings. The summed E-state index contributed by atoms with van der Waals surface area (Å²) in [5.74, 6) is 2.42. The number of hydrogen-bond acceptors (Lipinski definition) is 4. The van der Waals surface area contributed by atoms with Crippen molar-refractivity contribution < 1.29 is 0 Å². The Kier molecular flexibility index (Phi) is 7.46. The Morgan fingerprint density at radius 2 is 1.12 bits per heavy atom. The molecular weight excluding hydrogens is 683 g/mol. The number of rotatable bonds is 5. The molecule has 1 unspecified atom stereocenters. The van der Waals surface area contributed by atoms with Crippen LogP contribution in [-0.2, 0) is 0 Å². The van der Waals surface area contributed by atoms with Crippen molar-refractivity contribution in [1.82, 2.24) is 24.3 Å². The molecule has 3 heterocycles. The van der Waals surface area contributed by atoms with E-state index in [1.54, 1.807) is 0 Å². The van der Waals surface area contributed by atoms with Crippen molar-refractivity contribution in [2.24, 2.45) is 5.92 Å². The van der Waals surface area contributed by atoms with E-state index in [-0.39, 0.29) is 0 Å². The summed E-state index contributed by atoms with van der Waals surface area (Å²) in [5, 5.41) is 8.34. The maximum absolute atomic E-state index is 5.24. The summed E-state index contributed by atoms with van der Waals surface area (Å²) < 4.78 is 2.31. The fourth-order valence-electron chi connectivity index (χ4n) is 8.40. The Labute approximate surface area is 324 Å². The zero-order chi connectivity index (χ0) is 37.2. The summed E-state index contributed by atoms with van der Waals surface area (Å²) in [5.41, 5.74) is 9.15. The lowest BCUT2D eigenvalue weighted by atomic mass is 9.91. The maximum atomic E-state index is 5.24. The summed E-state index contributed by atoms with van der Waals surface area (Å²) in [4.78, 5) is 20.6. The Balaban J connectivity index is 1.22. The first kappa shape index (κ1) is 32.2. The molecule has 0 saturated heterocycles. The minimum absolute atomic E-state index is 0.475. The van der Waals surface area contributed by atoms with Crippen LogP contribution in [0.3, 0.4) is 0 Å². The SMILES string of the molecule is CC1C=CC(c2nc(-c3ccccc3)nc(-c3cc(-c4cc5ccccc5c5ccccc45)cc(-c4cnc5c6ccccc6c6ccccc6n45)c3)n2)=CC1. The van der Waals surface area contributed by atoms with E-state index < -0.39 is 0 Å². The van der Waals surface area contributed by atoms with E-state index in [1.165, 1.54) is 32.3 Å². The molecule has 56 heavy (non-hydrogen) atoms. The lowest BCUT2D eigenvalue weighted by Crippen LogP contribution is -2.04. The topological polar surface area (TPSA) is 56.0 Å². The molecule has 3 aromatic heterocycles. The van der Waals surface area contributed by atoms with Crippen LogP contribution in [0.2, 0.25) is 0 Å². The molecule has 0 aliphatic heterocycles. The van der Waals surface area contributed by atoms with Crippen molar-refractivity contribution in [1.29, 1.82) is 0 Å².